The second kappa shape index (κ2) is 8.34. The maximum atomic E-state index is 12.8. The summed E-state index contributed by atoms with van der Waals surface area (Å²) in [6.07, 6.45) is 9.41. The van der Waals surface area contributed by atoms with Gasteiger partial charge in [0.1, 0.15) is 5.70 Å². The molecule has 0 saturated carbocycles. The summed E-state index contributed by atoms with van der Waals surface area (Å²) in [4.78, 5) is 29.9. The predicted molar refractivity (Wildman–Crippen MR) is 103 cm³/mol. The zero-order valence-electron chi connectivity index (χ0n) is 15.0. The van der Waals surface area contributed by atoms with E-state index in [9.17, 15) is 9.59 Å². The van der Waals surface area contributed by atoms with Crippen LogP contribution in [0.25, 0.3) is 0 Å². The number of hydrogen-bond donors (Lipinski definition) is 0. The van der Waals surface area contributed by atoms with Crippen LogP contribution in [0, 0.1) is 0 Å². The van der Waals surface area contributed by atoms with Gasteiger partial charge in [0.15, 0.2) is 5.78 Å². The molecule has 2 rings (SSSR count). The zero-order valence-corrected chi connectivity index (χ0v) is 15.0. The number of Topliss-reactive ketones (excluding diaryl/α,β-unsaturated/α-hetero) is 2. The third-order valence-corrected chi connectivity index (χ3v) is 3.95. The zero-order chi connectivity index (χ0) is 18.4. The molecular formula is C22H23NO2. The van der Waals surface area contributed by atoms with Gasteiger partial charge in [-0.1, -0.05) is 62.9 Å². The van der Waals surface area contributed by atoms with Gasteiger partial charge in [0.25, 0.3) is 0 Å². The Labute approximate surface area is 149 Å². The summed E-state index contributed by atoms with van der Waals surface area (Å²) in [6, 6.07) is 6.87. The number of ketones is 2. The highest BCUT2D eigenvalue weighted by atomic mass is 16.1. The summed E-state index contributed by atoms with van der Waals surface area (Å²) >= 11 is 0. The second-order valence-electron chi connectivity index (χ2n) is 5.82. The maximum Gasteiger partial charge on any atom is 0.212 e. The Morgan fingerprint density at radius 3 is 2.16 bits per heavy atom. The summed E-state index contributed by atoms with van der Waals surface area (Å²) in [5, 5.41) is 0. The van der Waals surface area contributed by atoms with Gasteiger partial charge in [0.05, 0.1) is 5.71 Å². The van der Waals surface area contributed by atoms with E-state index >= 15 is 0 Å². The lowest BCUT2D eigenvalue weighted by atomic mass is 9.88. The Kier molecular flexibility index (Phi) is 6.18. The van der Waals surface area contributed by atoms with Gasteiger partial charge in [-0.15, -0.1) is 0 Å². The third-order valence-electron chi connectivity index (χ3n) is 3.95. The van der Waals surface area contributed by atoms with Crippen LogP contribution >= 0.6 is 0 Å². The lowest BCUT2D eigenvalue weighted by Crippen LogP contribution is -2.20. The van der Waals surface area contributed by atoms with Crippen molar-refractivity contribution in [2.24, 2.45) is 4.99 Å². The number of fused-ring (bicyclic) bond motifs is 1. The first-order chi connectivity index (χ1) is 12.0. The predicted octanol–water partition coefficient (Wildman–Crippen LogP) is 5.27. The second-order valence-corrected chi connectivity index (χ2v) is 5.82. The summed E-state index contributed by atoms with van der Waals surface area (Å²) < 4.78 is 0. The summed E-state index contributed by atoms with van der Waals surface area (Å²) in [5.74, 6) is -0.371. The van der Waals surface area contributed by atoms with Crippen LogP contribution in [0.5, 0.6) is 0 Å². The van der Waals surface area contributed by atoms with Crippen molar-refractivity contribution in [2.45, 2.75) is 33.6 Å². The molecule has 1 aromatic carbocycles. The average molecular weight is 333 g/mol. The fraction of sp³-hybridized carbons (Fsp3) is 0.227. The van der Waals surface area contributed by atoms with Gasteiger partial charge in [-0.05, 0) is 31.4 Å². The molecule has 0 unspecified atom stereocenters. The van der Waals surface area contributed by atoms with E-state index in [2.05, 4.69) is 11.6 Å². The van der Waals surface area contributed by atoms with Gasteiger partial charge in [0, 0.05) is 16.7 Å². The molecule has 0 bridgehead atoms. The maximum absolute atomic E-state index is 12.8. The van der Waals surface area contributed by atoms with Crippen LogP contribution in [0.2, 0.25) is 0 Å². The molecule has 0 aromatic heterocycles. The van der Waals surface area contributed by atoms with Crippen molar-refractivity contribution in [1.29, 1.82) is 0 Å². The monoisotopic (exact) mass is 333 g/mol. The minimum absolute atomic E-state index is 0.150. The molecule has 3 nitrogen and oxygen atoms in total. The molecule has 0 atom stereocenters. The van der Waals surface area contributed by atoms with Gasteiger partial charge < -0.3 is 0 Å². The van der Waals surface area contributed by atoms with Crippen LogP contribution in [-0.4, -0.2) is 17.3 Å². The van der Waals surface area contributed by atoms with E-state index in [4.69, 9.17) is 0 Å². The smallest absolute Gasteiger partial charge is 0.212 e. The highest BCUT2D eigenvalue weighted by Gasteiger charge is 2.29. The molecule has 1 aromatic rings. The van der Waals surface area contributed by atoms with Crippen molar-refractivity contribution < 1.29 is 9.59 Å². The van der Waals surface area contributed by atoms with E-state index in [1.54, 1.807) is 31.2 Å². The van der Waals surface area contributed by atoms with E-state index in [1.165, 1.54) is 0 Å². The highest BCUT2D eigenvalue weighted by Crippen LogP contribution is 2.27. The molecule has 0 aliphatic heterocycles. The normalized spacial score (nSPS) is 15.4. The van der Waals surface area contributed by atoms with Crippen LogP contribution in [0.3, 0.4) is 0 Å². The van der Waals surface area contributed by atoms with Gasteiger partial charge in [-0.2, -0.15) is 0 Å². The van der Waals surface area contributed by atoms with Gasteiger partial charge >= 0.3 is 0 Å². The van der Waals surface area contributed by atoms with Gasteiger partial charge in [-0.3, -0.25) is 9.59 Å². The third kappa shape index (κ3) is 4.00. The van der Waals surface area contributed by atoms with Crippen LogP contribution in [-0.2, 0) is 0 Å². The number of nitrogens with zero attached hydrogens (tertiary/aromatic N) is 1. The number of aliphatic imine (C=N–C) groups is 1. The molecule has 0 fully saturated rings. The number of carbonyl (C=O) groups excluding carboxylic acids is 2. The molecule has 0 saturated heterocycles. The molecule has 1 aliphatic carbocycles. The Hall–Kier alpha value is -2.81. The lowest BCUT2D eigenvalue weighted by molar-refractivity contribution is 0.0974. The number of carbonyl (C=O) groups is 2. The van der Waals surface area contributed by atoms with E-state index in [0.717, 1.165) is 12.8 Å². The van der Waals surface area contributed by atoms with Crippen molar-refractivity contribution in [3.63, 3.8) is 0 Å². The topological polar surface area (TPSA) is 46.5 Å². The van der Waals surface area contributed by atoms with Gasteiger partial charge in [0.2, 0.25) is 5.78 Å². The molecule has 25 heavy (non-hydrogen) atoms. The summed E-state index contributed by atoms with van der Waals surface area (Å²) in [6.45, 7) is 9.75. The highest BCUT2D eigenvalue weighted by molar-refractivity contribution is 6.27. The van der Waals surface area contributed by atoms with Crippen molar-refractivity contribution >= 4 is 17.3 Å². The van der Waals surface area contributed by atoms with Crippen LogP contribution in [0.1, 0.15) is 54.3 Å². The van der Waals surface area contributed by atoms with E-state index in [0.29, 0.717) is 28.0 Å². The van der Waals surface area contributed by atoms with Crippen molar-refractivity contribution in [3.8, 4) is 0 Å². The molecular weight excluding hydrogens is 310 g/mol. The van der Waals surface area contributed by atoms with Gasteiger partial charge in [-0.25, -0.2) is 4.99 Å². The molecule has 0 radical (unpaired) electrons. The van der Waals surface area contributed by atoms with Crippen LogP contribution in [0.15, 0.2) is 77.0 Å². The molecule has 0 N–H and O–H groups in total. The van der Waals surface area contributed by atoms with Crippen LogP contribution in [0.4, 0.5) is 0 Å². The first-order valence-corrected chi connectivity index (χ1v) is 8.51. The molecule has 0 spiro atoms. The first kappa shape index (κ1) is 18.5. The Bertz CT molecular complexity index is 835. The fourth-order valence-electron chi connectivity index (χ4n) is 2.53. The standard InChI is InChI=1S/C22H23NO2/c1-5-7-11-15(3)19(14-8-6-2)23-20-16(4)21(24)17-12-9-10-13-18(17)22(20)25/h7-14H,3,5-6H2,1-2,4H3/b11-7+,14-8+,23-19-. The molecule has 3 heteroatoms. The molecule has 0 heterocycles. The van der Waals surface area contributed by atoms with Crippen molar-refractivity contribution in [2.75, 3.05) is 0 Å². The van der Waals surface area contributed by atoms with E-state index < -0.39 is 0 Å². The minimum Gasteiger partial charge on any atom is -0.289 e. The Morgan fingerprint density at radius 1 is 1.00 bits per heavy atom. The minimum atomic E-state index is -0.220. The Balaban J connectivity index is 2.54. The average Bonchev–Trinajstić information content (AvgIpc) is 2.63. The first-order valence-electron chi connectivity index (χ1n) is 8.51. The molecule has 128 valence electrons. The van der Waals surface area contributed by atoms with Crippen molar-refractivity contribution in [3.05, 3.63) is 83.1 Å². The van der Waals surface area contributed by atoms with Crippen LogP contribution < -0.4 is 0 Å². The molecule has 1 aliphatic rings. The number of rotatable bonds is 6. The fourth-order valence-corrected chi connectivity index (χ4v) is 2.53. The number of benzene rings is 1. The summed E-state index contributed by atoms with van der Waals surface area (Å²) in [7, 11) is 0. The summed E-state index contributed by atoms with van der Waals surface area (Å²) in [5.41, 5.74) is 2.74. The lowest BCUT2D eigenvalue weighted by Gasteiger charge is -2.17. The van der Waals surface area contributed by atoms with E-state index in [1.807, 2.05) is 38.2 Å². The Morgan fingerprint density at radius 2 is 1.56 bits per heavy atom. The SMILES string of the molecule is C=C(/C=C/CC)C(/C=C/CC)=N\C1=C(C)C(=O)c2ccccc2C1=O. The number of allylic oxidation sites excluding steroid dienone is 7. The van der Waals surface area contributed by atoms with Crippen molar-refractivity contribution in [1.82, 2.24) is 0 Å². The number of hydrogen-bond acceptors (Lipinski definition) is 3. The van der Waals surface area contributed by atoms with E-state index in [-0.39, 0.29) is 17.3 Å². The molecule has 0 amide bonds. The quantitative estimate of drug-likeness (QED) is 0.526. The largest absolute Gasteiger partial charge is 0.289 e.